The Labute approximate surface area is 150 Å². The van der Waals surface area contributed by atoms with Crippen molar-refractivity contribution in [3.8, 4) is 0 Å². The van der Waals surface area contributed by atoms with Crippen LogP contribution in [-0.2, 0) is 0 Å². The zero-order valence-electron chi connectivity index (χ0n) is 14.7. The van der Waals surface area contributed by atoms with Gasteiger partial charge in [0.25, 0.3) is 0 Å². The molecule has 6 nitrogen and oxygen atoms in total. The van der Waals surface area contributed by atoms with Crippen LogP contribution >= 0.6 is 12.2 Å². The number of rotatable bonds is 3. The fourth-order valence-corrected chi connectivity index (χ4v) is 3.60. The van der Waals surface area contributed by atoms with Crippen molar-refractivity contribution in [3.63, 3.8) is 0 Å². The van der Waals surface area contributed by atoms with Crippen LogP contribution in [-0.4, -0.2) is 47.8 Å². The number of aromatic nitrogens is 2. The topological polar surface area (TPSA) is 56.3 Å². The summed E-state index contributed by atoms with van der Waals surface area (Å²) >= 11 is 5.23. The largest absolute Gasteiger partial charge is 0.365 e. The monoisotopic (exact) mass is 348 g/mol. The van der Waals surface area contributed by atoms with E-state index in [1.54, 1.807) is 7.05 Å². The molecule has 24 heavy (non-hydrogen) atoms. The maximum Gasteiger partial charge on any atom is 0.232 e. The Bertz CT molecular complexity index is 572. The van der Waals surface area contributed by atoms with Crippen molar-refractivity contribution in [3.05, 3.63) is 6.07 Å². The van der Waals surface area contributed by atoms with E-state index < -0.39 is 0 Å². The molecule has 0 amide bonds. The highest BCUT2D eigenvalue weighted by atomic mass is 32.1. The van der Waals surface area contributed by atoms with Gasteiger partial charge in [0.05, 0.1) is 0 Å². The molecule has 2 fully saturated rings. The summed E-state index contributed by atoms with van der Waals surface area (Å²) in [4.78, 5) is 14.2. The second-order valence-corrected chi connectivity index (χ2v) is 7.11. The lowest BCUT2D eigenvalue weighted by molar-refractivity contribution is 0.481. The molecule has 1 unspecified atom stereocenters. The molecule has 0 aliphatic carbocycles. The van der Waals surface area contributed by atoms with Gasteiger partial charge in [-0.3, -0.25) is 0 Å². The minimum absolute atomic E-state index is 0.520. The Balaban J connectivity index is 1.90. The van der Waals surface area contributed by atoms with Gasteiger partial charge in [-0.25, -0.2) is 0 Å². The highest BCUT2D eigenvalue weighted by molar-refractivity contribution is 7.80. The molecule has 1 aromatic heterocycles. The van der Waals surface area contributed by atoms with Gasteiger partial charge in [-0.15, -0.1) is 0 Å². The third kappa shape index (κ3) is 4.06. The number of nitrogens with zero attached hydrogens (tertiary/aromatic N) is 4. The Morgan fingerprint density at radius 2 is 1.79 bits per heavy atom. The average molecular weight is 349 g/mol. The first-order chi connectivity index (χ1) is 11.7. The van der Waals surface area contributed by atoms with Crippen LogP contribution in [0.25, 0.3) is 0 Å². The summed E-state index contributed by atoms with van der Waals surface area (Å²) in [6.45, 7) is 5.49. The normalized spacial score (nSPS) is 21.5. The van der Waals surface area contributed by atoms with E-state index in [1.807, 2.05) is 0 Å². The Hall–Kier alpha value is -1.63. The van der Waals surface area contributed by atoms with E-state index in [-0.39, 0.29) is 0 Å². The molecule has 2 aliphatic rings. The Kier molecular flexibility index (Phi) is 5.71. The molecule has 2 aliphatic heterocycles. The summed E-state index contributed by atoms with van der Waals surface area (Å²) in [6.07, 6.45) is 7.53. The molecule has 0 saturated carbocycles. The van der Waals surface area contributed by atoms with E-state index in [9.17, 15) is 0 Å². The number of nitrogens with one attached hydrogen (secondary N) is 2. The number of piperidine rings is 2. The molecule has 7 heteroatoms. The van der Waals surface area contributed by atoms with Crippen molar-refractivity contribution in [1.29, 1.82) is 0 Å². The first-order valence-corrected chi connectivity index (χ1v) is 9.47. The zero-order valence-corrected chi connectivity index (χ0v) is 15.5. The van der Waals surface area contributed by atoms with Crippen molar-refractivity contribution in [2.75, 3.05) is 41.8 Å². The quantitative estimate of drug-likeness (QED) is 0.815. The third-order valence-corrected chi connectivity index (χ3v) is 5.23. The van der Waals surface area contributed by atoms with Crippen molar-refractivity contribution in [1.82, 2.24) is 15.3 Å². The predicted molar refractivity (Wildman–Crippen MR) is 104 cm³/mol. The molecule has 2 N–H and O–H groups in total. The number of anilines is 3. The van der Waals surface area contributed by atoms with Crippen LogP contribution in [0.15, 0.2) is 6.07 Å². The van der Waals surface area contributed by atoms with Crippen LogP contribution in [0.4, 0.5) is 17.6 Å². The van der Waals surface area contributed by atoms with E-state index in [1.165, 1.54) is 38.5 Å². The van der Waals surface area contributed by atoms with Crippen molar-refractivity contribution in [2.24, 2.45) is 0 Å². The number of hydrogen-bond acceptors (Lipinski definition) is 5. The standard InChI is InChI=1S/C17H28N6S/c1-13-8-4-7-11-23(13)15-12-14(22-9-5-3-6-10-22)19-16(20-15)21-17(24)18-2/h12-13H,3-11H2,1-2H3,(H2,18,19,20,21,24). The summed E-state index contributed by atoms with van der Waals surface area (Å²) in [5, 5.41) is 6.59. The Morgan fingerprint density at radius 3 is 2.50 bits per heavy atom. The van der Waals surface area contributed by atoms with Crippen molar-refractivity contribution in [2.45, 2.75) is 51.5 Å². The van der Waals surface area contributed by atoms with E-state index in [0.717, 1.165) is 31.3 Å². The van der Waals surface area contributed by atoms with Gasteiger partial charge in [-0.1, -0.05) is 0 Å². The lowest BCUT2D eigenvalue weighted by Gasteiger charge is -2.35. The molecule has 132 valence electrons. The summed E-state index contributed by atoms with van der Waals surface area (Å²) < 4.78 is 0. The summed E-state index contributed by atoms with van der Waals surface area (Å²) in [5.74, 6) is 2.61. The smallest absolute Gasteiger partial charge is 0.232 e. The summed E-state index contributed by atoms with van der Waals surface area (Å²) in [5.41, 5.74) is 0. The van der Waals surface area contributed by atoms with Crippen LogP contribution < -0.4 is 20.4 Å². The molecule has 2 saturated heterocycles. The Morgan fingerprint density at radius 1 is 1.08 bits per heavy atom. The van der Waals surface area contributed by atoms with Gasteiger partial charge in [0, 0.05) is 38.8 Å². The van der Waals surface area contributed by atoms with Crippen LogP contribution in [0.1, 0.15) is 45.4 Å². The summed E-state index contributed by atoms with van der Waals surface area (Å²) in [6, 6.07) is 2.67. The van der Waals surface area contributed by atoms with Gasteiger partial charge >= 0.3 is 0 Å². The van der Waals surface area contributed by atoms with Crippen molar-refractivity contribution < 1.29 is 0 Å². The lowest BCUT2D eigenvalue weighted by Crippen LogP contribution is -2.39. The maximum atomic E-state index is 5.23. The van der Waals surface area contributed by atoms with E-state index in [2.05, 4.69) is 33.4 Å². The molecule has 0 aromatic carbocycles. The molecule has 1 aromatic rings. The molecule has 0 bridgehead atoms. The van der Waals surface area contributed by atoms with Gasteiger partial charge in [-0.2, -0.15) is 9.97 Å². The van der Waals surface area contributed by atoms with Gasteiger partial charge in [0.2, 0.25) is 5.95 Å². The maximum absolute atomic E-state index is 5.23. The highest BCUT2D eigenvalue weighted by Crippen LogP contribution is 2.28. The van der Waals surface area contributed by atoms with E-state index in [4.69, 9.17) is 22.2 Å². The zero-order chi connectivity index (χ0) is 16.9. The van der Waals surface area contributed by atoms with Gasteiger partial charge < -0.3 is 20.4 Å². The molecule has 0 radical (unpaired) electrons. The lowest BCUT2D eigenvalue weighted by atomic mass is 10.0. The number of thiocarbonyl (C=S) groups is 1. The molecule has 3 rings (SSSR count). The summed E-state index contributed by atoms with van der Waals surface area (Å²) in [7, 11) is 1.80. The predicted octanol–water partition coefficient (Wildman–Crippen LogP) is 2.76. The first kappa shape index (κ1) is 17.2. The van der Waals surface area contributed by atoms with Gasteiger partial charge in [0.15, 0.2) is 5.11 Å². The second kappa shape index (κ2) is 7.96. The van der Waals surface area contributed by atoms with Crippen LogP contribution in [0, 0.1) is 0 Å². The molecular weight excluding hydrogens is 320 g/mol. The fraction of sp³-hybridized carbons (Fsp3) is 0.706. The van der Waals surface area contributed by atoms with E-state index in [0.29, 0.717) is 17.1 Å². The van der Waals surface area contributed by atoms with Crippen molar-refractivity contribution >= 4 is 34.9 Å². The SMILES string of the molecule is CNC(=S)Nc1nc(N2CCCCC2)cc(N2CCCCC2C)n1. The molecular formula is C17H28N6S. The number of hydrogen-bond donors (Lipinski definition) is 2. The van der Waals surface area contributed by atoms with Crippen LogP contribution in [0.5, 0.6) is 0 Å². The molecule has 0 spiro atoms. The van der Waals surface area contributed by atoms with E-state index >= 15 is 0 Å². The third-order valence-electron chi connectivity index (χ3n) is 4.93. The second-order valence-electron chi connectivity index (χ2n) is 6.70. The van der Waals surface area contributed by atoms with Crippen LogP contribution in [0.3, 0.4) is 0 Å². The van der Waals surface area contributed by atoms with Gasteiger partial charge in [-0.05, 0) is 57.7 Å². The minimum atomic E-state index is 0.520. The molecule has 3 heterocycles. The minimum Gasteiger partial charge on any atom is -0.365 e. The highest BCUT2D eigenvalue weighted by Gasteiger charge is 2.22. The molecule has 1 atom stereocenters. The first-order valence-electron chi connectivity index (χ1n) is 9.07. The average Bonchev–Trinajstić information content (AvgIpc) is 2.62. The fourth-order valence-electron chi connectivity index (χ4n) is 3.51. The van der Waals surface area contributed by atoms with Gasteiger partial charge in [0.1, 0.15) is 11.6 Å². The van der Waals surface area contributed by atoms with Crippen LogP contribution in [0.2, 0.25) is 0 Å².